The van der Waals surface area contributed by atoms with Crippen LogP contribution in [0.2, 0.25) is 5.02 Å². The molecule has 0 aromatic heterocycles. The Hall–Kier alpha value is -0.460. The topological polar surface area (TPSA) is 38.0 Å². The van der Waals surface area contributed by atoms with Crippen molar-refractivity contribution in [2.45, 2.75) is 12.5 Å². The zero-order valence-electron chi connectivity index (χ0n) is 10.3. The first-order valence-electron chi connectivity index (χ1n) is 5.86. The van der Waals surface area contributed by atoms with Gasteiger partial charge in [0.1, 0.15) is 5.82 Å². The van der Waals surface area contributed by atoms with Gasteiger partial charge in [-0.05, 0) is 42.3 Å². The number of hydrazine groups is 1. The smallest absolute Gasteiger partial charge is 0.127 e. The highest BCUT2D eigenvalue weighted by molar-refractivity contribution is 9.11. The SMILES string of the molecule is NNC(Cc1c(F)cccc1Cl)c1cc(Br)cc(Br)c1. The Labute approximate surface area is 138 Å². The van der Waals surface area contributed by atoms with Crippen LogP contribution in [0.1, 0.15) is 17.2 Å². The van der Waals surface area contributed by atoms with Gasteiger partial charge >= 0.3 is 0 Å². The minimum absolute atomic E-state index is 0.238. The molecule has 0 aliphatic rings. The van der Waals surface area contributed by atoms with Gasteiger partial charge in [0.2, 0.25) is 0 Å². The van der Waals surface area contributed by atoms with Gasteiger partial charge in [-0.3, -0.25) is 11.3 Å². The van der Waals surface area contributed by atoms with E-state index in [-0.39, 0.29) is 11.9 Å². The predicted molar refractivity (Wildman–Crippen MR) is 87.0 cm³/mol. The Morgan fingerprint density at radius 3 is 2.40 bits per heavy atom. The molecule has 0 aliphatic carbocycles. The number of hydrogen-bond donors (Lipinski definition) is 2. The summed E-state index contributed by atoms with van der Waals surface area (Å²) in [6.07, 6.45) is 0.366. The molecule has 0 saturated carbocycles. The fourth-order valence-electron chi connectivity index (χ4n) is 1.98. The van der Waals surface area contributed by atoms with Crippen LogP contribution >= 0.6 is 43.5 Å². The van der Waals surface area contributed by atoms with Crippen molar-refractivity contribution in [3.8, 4) is 0 Å². The Morgan fingerprint density at radius 2 is 1.85 bits per heavy atom. The lowest BCUT2D eigenvalue weighted by Crippen LogP contribution is -2.30. The van der Waals surface area contributed by atoms with Crippen LogP contribution in [-0.4, -0.2) is 0 Å². The van der Waals surface area contributed by atoms with E-state index in [4.69, 9.17) is 17.4 Å². The molecule has 2 aromatic rings. The van der Waals surface area contributed by atoms with Crippen molar-refractivity contribution < 1.29 is 4.39 Å². The minimum atomic E-state index is -0.327. The van der Waals surface area contributed by atoms with Crippen molar-refractivity contribution >= 4 is 43.5 Å². The quantitative estimate of drug-likeness (QED) is 0.551. The summed E-state index contributed by atoms with van der Waals surface area (Å²) in [6.45, 7) is 0. The third-order valence-corrected chi connectivity index (χ3v) is 4.23. The van der Waals surface area contributed by atoms with Crippen molar-refractivity contribution in [2.24, 2.45) is 5.84 Å². The van der Waals surface area contributed by atoms with E-state index in [2.05, 4.69) is 37.3 Å². The number of nitrogens with one attached hydrogen (secondary N) is 1. The maximum Gasteiger partial charge on any atom is 0.127 e. The fraction of sp³-hybridized carbons (Fsp3) is 0.143. The zero-order valence-corrected chi connectivity index (χ0v) is 14.3. The van der Waals surface area contributed by atoms with Crippen LogP contribution < -0.4 is 11.3 Å². The van der Waals surface area contributed by atoms with Gasteiger partial charge in [-0.15, -0.1) is 0 Å². The molecule has 20 heavy (non-hydrogen) atoms. The molecule has 6 heteroatoms. The van der Waals surface area contributed by atoms with E-state index < -0.39 is 0 Å². The second kappa shape index (κ2) is 7.00. The molecule has 2 aromatic carbocycles. The summed E-state index contributed by atoms with van der Waals surface area (Å²) >= 11 is 12.9. The van der Waals surface area contributed by atoms with Gasteiger partial charge in [0.15, 0.2) is 0 Å². The van der Waals surface area contributed by atoms with Gasteiger partial charge in [-0.25, -0.2) is 4.39 Å². The highest BCUT2D eigenvalue weighted by Gasteiger charge is 2.16. The first-order valence-corrected chi connectivity index (χ1v) is 7.82. The van der Waals surface area contributed by atoms with Crippen LogP contribution in [0.4, 0.5) is 4.39 Å². The third-order valence-electron chi connectivity index (χ3n) is 2.96. The number of hydrogen-bond acceptors (Lipinski definition) is 2. The summed E-state index contributed by atoms with van der Waals surface area (Å²) in [5, 5.41) is 0.402. The van der Waals surface area contributed by atoms with E-state index in [9.17, 15) is 4.39 Å². The number of rotatable bonds is 4. The highest BCUT2D eigenvalue weighted by atomic mass is 79.9. The Balaban J connectivity index is 2.33. The summed E-state index contributed by atoms with van der Waals surface area (Å²) in [5.41, 5.74) is 4.10. The van der Waals surface area contributed by atoms with E-state index in [1.54, 1.807) is 12.1 Å². The molecular weight excluding hydrogens is 410 g/mol. The maximum absolute atomic E-state index is 13.8. The summed E-state index contributed by atoms with van der Waals surface area (Å²) in [5.74, 6) is 5.28. The van der Waals surface area contributed by atoms with Crippen molar-refractivity contribution in [2.75, 3.05) is 0 Å². The van der Waals surface area contributed by atoms with E-state index in [1.807, 2.05) is 18.2 Å². The van der Waals surface area contributed by atoms with Crippen LogP contribution in [0.25, 0.3) is 0 Å². The van der Waals surface area contributed by atoms with Gasteiger partial charge in [-0.2, -0.15) is 0 Å². The molecule has 2 rings (SSSR count). The molecule has 0 amide bonds. The van der Waals surface area contributed by atoms with Gasteiger partial charge < -0.3 is 0 Å². The monoisotopic (exact) mass is 420 g/mol. The summed E-state index contributed by atoms with van der Waals surface area (Å²) in [4.78, 5) is 0. The maximum atomic E-state index is 13.8. The van der Waals surface area contributed by atoms with E-state index in [0.29, 0.717) is 17.0 Å². The van der Waals surface area contributed by atoms with Crippen LogP contribution in [0.3, 0.4) is 0 Å². The normalized spacial score (nSPS) is 12.4. The van der Waals surface area contributed by atoms with E-state index in [1.165, 1.54) is 6.07 Å². The lowest BCUT2D eigenvalue weighted by Gasteiger charge is -2.18. The van der Waals surface area contributed by atoms with Gasteiger partial charge in [-0.1, -0.05) is 49.5 Å². The van der Waals surface area contributed by atoms with Crippen LogP contribution in [0.15, 0.2) is 45.3 Å². The molecule has 0 spiro atoms. The standard InChI is InChI=1S/C14H12Br2ClFN2/c15-9-4-8(5-10(16)6-9)14(20-19)7-11-12(17)2-1-3-13(11)18/h1-6,14,20H,7,19H2. The summed E-state index contributed by atoms with van der Waals surface area (Å²) in [7, 11) is 0. The zero-order chi connectivity index (χ0) is 14.7. The average Bonchev–Trinajstić information content (AvgIpc) is 2.37. The lowest BCUT2D eigenvalue weighted by atomic mass is 9.99. The van der Waals surface area contributed by atoms with Crippen molar-refractivity contribution in [3.63, 3.8) is 0 Å². The van der Waals surface area contributed by atoms with Crippen LogP contribution in [-0.2, 0) is 6.42 Å². The van der Waals surface area contributed by atoms with E-state index >= 15 is 0 Å². The molecule has 1 atom stereocenters. The number of benzene rings is 2. The lowest BCUT2D eigenvalue weighted by molar-refractivity contribution is 0.529. The Kier molecular flexibility index (Phi) is 5.57. The second-order valence-corrected chi connectivity index (χ2v) is 6.56. The van der Waals surface area contributed by atoms with Crippen LogP contribution in [0, 0.1) is 5.82 Å². The summed E-state index contributed by atoms with van der Waals surface area (Å²) < 4.78 is 15.7. The van der Waals surface area contributed by atoms with Crippen molar-refractivity contribution in [3.05, 3.63) is 67.3 Å². The first-order chi connectivity index (χ1) is 9.51. The molecule has 0 aliphatic heterocycles. The number of halogens is 4. The third kappa shape index (κ3) is 3.80. The second-order valence-electron chi connectivity index (χ2n) is 4.33. The van der Waals surface area contributed by atoms with Gasteiger partial charge in [0, 0.05) is 19.5 Å². The average molecular weight is 423 g/mol. The minimum Gasteiger partial charge on any atom is -0.271 e. The molecule has 0 radical (unpaired) electrons. The van der Waals surface area contributed by atoms with E-state index in [0.717, 1.165) is 14.5 Å². The summed E-state index contributed by atoms with van der Waals surface area (Å²) in [6, 6.07) is 10.2. The Bertz CT molecular complexity index is 582. The van der Waals surface area contributed by atoms with Gasteiger partial charge in [0.25, 0.3) is 0 Å². The van der Waals surface area contributed by atoms with Gasteiger partial charge in [0.05, 0.1) is 6.04 Å². The molecular formula is C14H12Br2ClFN2. The molecule has 106 valence electrons. The molecule has 1 unspecified atom stereocenters. The largest absolute Gasteiger partial charge is 0.271 e. The molecule has 3 N–H and O–H groups in total. The highest BCUT2D eigenvalue weighted by Crippen LogP contribution is 2.29. The fourth-order valence-corrected chi connectivity index (χ4v) is 3.55. The molecule has 0 saturated heterocycles. The van der Waals surface area contributed by atoms with Crippen molar-refractivity contribution in [1.29, 1.82) is 0 Å². The molecule has 2 nitrogen and oxygen atoms in total. The van der Waals surface area contributed by atoms with Crippen molar-refractivity contribution in [1.82, 2.24) is 5.43 Å². The predicted octanol–water partition coefficient (Wildman–Crippen LogP) is 4.75. The molecule has 0 fully saturated rings. The molecule has 0 bridgehead atoms. The number of nitrogens with two attached hydrogens (primary N) is 1. The molecule has 0 heterocycles. The first kappa shape index (κ1) is 15.9. The van der Waals surface area contributed by atoms with Crippen LogP contribution in [0.5, 0.6) is 0 Å². The Morgan fingerprint density at radius 1 is 1.20 bits per heavy atom.